The summed E-state index contributed by atoms with van der Waals surface area (Å²) >= 11 is 0. The van der Waals surface area contributed by atoms with Gasteiger partial charge in [-0.25, -0.2) is 0 Å². The van der Waals surface area contributed by atoms with E-state index in [9.17, 15) is 0 Å². The molecular formula is C11H25NO. The minimum Gasteiger partial charge on any atom is -0.396 e. The molecule has 2 heteroatoms. The Morgan fingerprint density at radius 1 is 1.00 bits per heavy atom. The molecule has 0 heterocycles. The van der Waals surface area contributed by atoms with Gasteiger partial charge in [0, 0.05) is 26.2 Å². The van der Waals surface area contributed by atoms with Crippen LogP contribution in [0.15, 0.2) is 0 Å². The van der Waals surface area contributed by atoms with Crippen LogP contribution in [0.3, 0.4) is 0 Å². The third-order valence-corrected chi connectivity index (χ3v) is 1.88. The molecule has 80 valence electrons. The molecule has 0 aliphatic heterocycles. The van der Waals surface area contributed by atoms with Gasteiger partial charge >= 0.3 is 0 Å². The van der Waals surface area contributed by atoms with Crippen LogP contribution in [-0.4, -0.2) is 36.2 Å². The first-order valence-corrected chi connectivity index (χ1v) is 5.39. The monoisotopic (exact) mass is 187 g/mol. The van der Waals surface area contributed by atoms with Crippen LogP contribution in [0.4, 0.5) is 0 Å². The van der Waals surface area contributed by atoms with E-state index in [0.717, 1.165) is 37.9 Å². The van der Waals surface area contributed by atoms with Gasteiger partial charge in [-0.05, 0) is 18.3 Å². The highest BCUT2D eigenvalue weighted by molar-refractivity contribution is 4.62. The van der Waals surface area contributed by atoms with Crippen molar-refractivity contribution in [3.8, 4) is 0 Å². The van der Waals surface area contributed by atoms with Crippen LogP contribution >= 0.6 is 0 Å². The Morgan fingerprint density at radius 3 is 1.77 bits per heavy atom. The minimum absolute atomic E-state index is 0.312. The molecule has 0 aromatic carbocycles. The lowest BCUT2D eigenvalue weighted by Crippen LogP contribution is -2.32. The van der Waals surface area contributed by atoms with Crippen molar-refractivity contribution in [1.82, 2.24) is 4.90 Å². The lowest BCUT2D eigenvalue weighted by molar-refractivity contribution is 0.192. The molecule has 0 saturated carbocycles. The molecule has 0 bridgehead atoms. The fraction of sp³-hybridized carbons (Fsp3) is 1.00. The molecule has 0 amide bonds. The maximum absolute atomic E-state index is 8.76. The highest BCUT2D eigenvalue weighted by atomic mass is 16.3. The predicted octanol–water partition coefficient (Wildman–Crippen LogP) is 1.98. The Morgan fingerprint density at radius 2 is 1.46 bits per heavy atom. The van der Waals surface area contributed by atoms with Crippen molar-refractivity contribution in [2.45, 2.75) is 34.1 Å². The first kappa shape index (κ1) is 12.9. The van der Waals surface area contributed by atoms with Gasteiger partial charge in [0.25, 0.3) is 0 Å². The van der Waals surface area contributed by atoms with Crippen LogP contribution in [0.25, 0.3) is 0 Å². The second-order valence-corrected chi connectivity index (χ2v) is 4.62. The topological polar surface area (TPSA) is 23.5 Å². The van der Waals surface area contributed by atoms with E-state index < -0.39 is 0 Å². The van der Waals surface area contributed by atoms with E-state index in [2.05, 4.69) is 32.6 Å². The molecule has 0 radical (unpaired) electrons. The average Bonchev–Trinajstić information content (AvgIpc) is 1.98. The molecule has 0 fully saturated rings. The number of hydrogen-bond acceptors (Lipinski definition) is 2. The van der Waals surface area contributed by atoms with Crippen LogP contribution in [-0.2, 0) is 0 Å². The summed E-state index contributed by atoms with van der Waals surface area (Å²) in [5.74, 6) is 1.44. The smallest absolute Gasteiger partial charge is 0.0443 e. The van der Waals surface area contributed by atoms with Gasteiger partial charge in [-0.3, -0.25) is 0 Å². The van der Waals surface area contributed by atoms with Gasteiger partial charge in [-0.2, -0.15) is 0 Å². The quantitative estimate of drug-likeness (QED) is 0.659. The van der Waals surface area contributed by atoms with Crippen molar-refractivity contribution in [3.05, 3.63) is 0 Å². The van der Waals surface area contributed by atoms with E-state index in [1.54, 1.807) is 0 Å². The number of rotatable bonds is 7. The van der Waals surface area contributed by atoms with Crippen LogP contribution in [0, 0.1) is 11.8 Å². The summed E-state index contributed by atoms with van der Waals surface area (Å²) < 4.78 is 0. The van der Waals surface area contributed by atoms with Gasteiger partial charge in [0.2, 0.25) is 0 Å². The minimum atomic E-state index is 0.312. The molecule has 0 unspecified atom stereocenters. The maximum Gasteiger partial charge on any atom is 0.0443 e. The molecule has 0 atom stereocenters. The molecule has 13 heavy (non-hydrogen) atoms. The standard InChI is InChI=1S/C11H25NO/c1-10(2)8-12(6-5-7-13)9-11(3)4/h10-11,13H,5-9H2,1-4H3. The summed E-state index contributed by atoms with van der Waals surface area (Å²) in [5, 5.41) is 8.76. The fourth-order valence-electron chi connectivity index (χ4n) is 1.58. The average molecular weight is 187 g/mol. The van der Waals surface area contributed by atoms with Gasteiger partial charge in [0.1, 0.15) is 0 Å². The van der Waals surface area contributed by atoms with Gasteiger partial charge < -0.3 is 10.0 Å². The molecule has 0 rings (SSSR count). The molecule has 0 aromatic heterocycles. The molecule has 0 aliphatic rings. The predicted molar refractivity (Wildman–Crippen MR) is 57.8 cm³/mol. The number of aliphatic hydroxyl groups excluding tert-OH is 1. The zero-order chi connectivity index (χ0) is 10.3. The van der Waals surface area contributed by atoms with E-state index in [0.29, 0.717) is 6.61 Å². The Labute approximate surface area is 82.9 Å². The summed E-state index contributed by atoms with van der Waals surface area (Å²) in [4.78, 5) is 2.45. The summed E-state index contributed by atoms with van der Waals surface area (Å²) in [6, 6.07) is 0. The highest BCUT2D eigenvalue weighted by Gasteiger charge is 2.08. The Hall–Kier alpha value is -0.0800. The second-order valence-electron chi connectivity index (χ2n) is 4.62. The SMILES string of the molecule is CC(C)CN(CCCO)CC(C)C. The Bertz CT molecular complexity index is 103. The molecule has 0 aromatic rings. The number of hydrogen-bond donors (Lipinski definition) is 1. The van der Waals surface area contributed by atoms with Crippen LogP contribution in [0.1, 0.15) is 34.1 Å². The molecular weight excluding hydrogens is 162 g/mol. The summed E-state index contributed by atoms with van der Waals surface area (Å²) in [6.45, 7) is 12.6. The van der Waals surface area contributed by atoms with Crippen LogP contribution in [0.5, 0.6) is 0 Å². The van der Waals surface area contributed by atoms with Gasteiger partial charge in [-0.1, -0.05) is 27.7 Å². The van der Waals surface area contributed by atoms with Crippen molar-refractivity contribution >= 4 is 0 Å². The summed E-state index contributed by atoms with van der Waals surface area (Å²) in [7, 11) is 0. The van der Waals surface area contributed by atoms with E-state index in [4.69, 9.17) is 5.11 Å². The Balaban J connectivity index is 3.73. The first-order valence-electron chi connectivity index (χ1n) is 5.39. The van der Waals surface area contributed by atoms with Gasteiger partial charge in [0.05, 0.1) is 0 Å². The van der Waals surface area contributed by atoms with E-state index in [-0.39, 0.29) is 0 Å². The largest absolute Gasteiger partial charge is 0.396 e. The van der Waals surface area contributed by atoms with Crippen molar-refractivity contribution < 1.29 is 5.11 Å². The normalized spacial score (nSPS) is 12.0. The van der Waals surface area contributed by atoms with Crippen LogP contribution < -0.4 is 0 Å². The van der Waals surface area contributed by atoms with E-state index in [1.807, 2.05) is 0 Å². The van der Waals surface area contributed by atoms with Crippen molar-refractivity contribution in [3.63, 3.8) is 0 Å². The van der Waals surface area contributed by atoms with E-state index >= 15 is 0 Å². The fourth-order valence-corrected chi connectivity index (χ4v) is 1.58. The molecule has 0 aliphatic carbocycles. The summed E-state index contributed by atoms with van der Waals surface area (Å²) in [5.41, 5.74) is 0. The van der Waals surface area contributed by atoms with Crippen molar-refractivity contribution in [2.75, 3.05) is 26.2 Å². The lowest BCUT2D eigenvalue weighted by atomic mass is 10.1. The van der Waals surface area contributed by atoms with Crippen molar-refractivity contribution in [2.24, 2.45) is 11.8 Å². The number of nitrogens with zero attached hydrogens (tertiary/aromatic N) is 1. The third-order valence-electron chi connectivity index (χ3n) is 1.88. The van der Waals surface area contributed by atoms with Crippen LogP contribution in [0.2, 0.25) is 0 Å². The second kappa shape index (κ2) is 7.34. The van der Waals surface area contributed by atoms with Crippen molar-refractivity contribution in [1.29, 1.82) is 0 Å². The van der Waals surface area contributed by atoms with Gasteiger partial charge in [0.15, 0.2) is 0 Å². The highest BCUT2D eigenvalue weighted by Crippen LogP contribution is 2.04. The maximum atomic E-state index is 8.76. The lowest BCUT2D eigenvalue weighted by Gasteiger charge is -2.25. The van der Waals surface area contributed by atoms with Gasteiger partial charge in [-0.15, -0.1) is 0 Å². The zero-order valence-corrected chi connectivity index (χ0v) is 9.58. The molecule has 1 N–H and O–H groups in total. The van der Waals surface area contributed by atoms with E-state index in [1.165, 1.54) is 0 Å². The summed E-state index contributed by atoms with van der Waals surface area (Å²) in [6.07, 6.45) is 0.902. The number of aliphatic hydroxyl groups is 1. The zero-order valence-electron chi connectivity index (χ0n) is 9.58. The first-order chi connectivity index (χ1) is 6.06. The molecule has 0 saturated heterocycles. The molecule has 2 nitrogen and oxygen atoms in total. The third kappa shape index (κ3) is 8.26. The molecule has 0 spiro atoms. The Kier molecular flexibility index (Phi) is 7.29.